The highest BCUT2D eigenvalue weighted by Gasteiger charge is 2.09. The molecule has 0 saturated heterocycles. The number of aryl methyl sites for hydroxylation is 2. The molecule has 152 valence electrons. The predicted octanol–water partition coefficient (Wildman–Crippen LogP) is 4.72. The van der Waals surface area contributed by atoms with Crippen LogP contribution in [0.4, 0.5) is 17.5 Å². The molecule has 2 aromatic heterocycles. The number of nitrogens with zero attached hydrogens (tertiary/aromatic N) is 4. The summed E-state index contributed by atoms with van der Waals surface area (Å²) in [5.74, 6) is 2.57. The van der Waals surface area contributed by atoms with Crippen LogP contribution < -0.4 is 15.8 Å². The van der Waals surface area contributed by atoms with Gasteiger partial charge in [-0.3, -0.25) is 0 Å². The molecule has 9 heteroatoms. The number of aromatic amines is 1. The van der Waals surface area contributed by atoms with Crippen LogP contribution in [0.3, 0.4) is 0 Å². The van der Waals surface area contributed by atoms with E-state index in [2.05, 4.69) is 56.4 Å². The summed E-state index contributed by atoms with van der Waals surface area (Å²) in [5.41, 5.74) is 10.2. The van der Waals surface area contributed by atoms with Crippen LogP contribution in [0.15, 0.2) is 53.8 Å². The van der Waals surface area contributed by atoms with Crippen molar-refractivity contribution in [2.75, 3.05) is 17.3 Å². The van der Waals surface area contributed by atoms with Gasteiger partial charge in [0.25, 0.3) is 0 Å². The van der Waals surface area contributed by atoms with Gasteiger partial charge in [0.15, 0.2) is 22.5 Å². The normalized spacial score (nSPS) is 10.8. The average molecular weight is 420 g/mol. The maximum atomic E-state index is 5.93. The third-order valence-electron chi connectivity index (χ3n) is 4.56. The lowest BCUT2D eigenvalue weighted by molar-refractivity contribution is 0.478. The molecule has 4 N–H and O–H groups in total. The molecular weight excluding hydrogens is 398 g/mol. The van der Waals surface area contributed by atoms with Gasteiger partial charge >= 0.3 is 0 Å². The average Bonchev–Trinajstić information content (AvgIpc) is 3.21. The first-order valence-electron chi connectivity index (χ1n) is 9.23. The quantitative estimate of drug-likeness (QED) is 0.304. The zero-order chi connectivity index (χ0) is 21.1. The molecular formula is C21H21N7OS. The third kappa shape index (κ3) is 4.36. The van der Waals surface area contributed by atoms with Gasteiger partial charge in [0.1, 0.15) is 5.75 Å². The van der Waals surface area contributed by atoms with E-state index in [-0.39, 0.29) is 0 Å². The molecule has 0 aliphatic heterocycles. The minimum Gasteiger partial charge on any atom is -0.452 e. The van der Waals surface area contributed by atoms with E-state index in [1.807, 2.05) is 36.6 Å². The van der Waals surface area contributed by atoms with E-state index in [1.165, 1.54) is 22.9 Å². The second-order valence-corrected chi connectivity index (χ2v) is 7.45. The Hall–Kier alpha value is -3.59. The fourth-order valence-corrected chi connectivity index (χ4v) is 3.10. The number of nitrogens with two attached hydrogens (primary N) is 1. The highest BCUT2D eigenvalue weighted by molar-refractivity contribution is 7.98. The van der Waals surface area contributed by atoms with E-state index in [0.717, 1.165) is 11.3 Å². The van der Waals surface area contributed by atoms with Crippen LogP contribution in [0, 0.1) is 13.8 Å². The van der Waals surface area contributed by atoms with Crippen LogP contribution in [0.25, 0.3) is 11.4 Å². The summed E-state index contributed by atoms with van der Waals surface area (Å²) < 4.78 is 5.79. The Labute approximate surface area is 178 Å². The van der Waals surface area contributed by atoms with Crippen LogP contribution in [0.1, 0.15) is 11.1 Å². The molecule has 0 amide bonds. The third-order valence-corrected chi connectivity index (χ3v) is 5.12. The van der Waals surface area contributed by atoms with Gasteiger partial charge in [-0.15, -0.1) is 10.2 Å². The summed E-state index contributed by atoms with van der Waals surface area (Å²) in [7, 11) is 0. The van der Waals surface area contributed by atoms with Crippen molar-refractivity contribution < 1.29 is 4.74 Å². The van der Waals surface area contributed by atoms with Gasteiger partial charge in [0, 0.05) is 11.3 Å². The smallest absolute Gasteiger partial charge is 0.226 e. The van der Waals surface area contributed by atoms with Crippen LogP contribution >= 0.6 is 11.8 Å². The molecule has 0 aliphatic rings. The maximum absolute atomic E-state index is 5.93. The van der Waals surface area contributed by atoms with Crippen LogP contribution in [-0.4, -0.2) is 31.4 Å². The van der Waals surface area contributed by atoms with Gasteiger partial charge in [-0.2, -0.15) is 0 Å². The molecule has 0 saturated carbocycles. The Balaban J connectivity index is 1.46. The molecule has 0 unspecified atom stereocenters. The molecule has 0 fully saturated rings. The van der Waals surface area contributed by atoms with Crippen LogP contribution in [0.2, 0.25) is 0 Å². The van der Waals surface area contributed by atoms with Crippen molar-refractivity contribution in [2.45, 2.75) is 19.0 Å². The summed E-state index contributed by atoms with van der Waals surface area (Å²) in [5, 5.41) is 12.2. The molecule has 0 radical (unpaired) electrons. The monoisotopic (exact) mass is 419 g/mol. The Morgan fingerprint density at radius 3 is 2.53 bits per heavy atom. The van der Waals surface area contributed by atoms with E-state index >= 15 is 0 Å². The number of thioether (sulfide) groups is 1. The Morgan fingerprint density at radius 2 is 1.83 bits per heavy atom. The Bertz CT molecular complexity index is 1170. The van der Waals surface area contributed by atoms with Crippen molar-refractivity contribution in [3.63, 3.8) is 0 Å². The molecule has 30 heavy (non-hydrogen) atoms. The zero-order valence-corrected chi connectivity index (χ0v) is 17.6. The SMILES string of the molecule is CSc1ncc(Oc2ccc(-c3nnc(Nc4ccc(C)c(C)c4)[nH]3)cc2)c(N)n1. The van der Waals surface area contributed by atoms with Crippen LogP contribution in [0.5, 0.6) is 11.5 Å². The Kier molecular flexibility index (Phi) is 5.53. The molecule has 4 aromatic rings. The van der Waals surface area contributed by atoms with E-state index in [4.69, 9.17) is 10.5 Å². The maximum Gasteiger partial charge on any atom is 0.226 e. The fraction of sp³-hybridized carbons (Fsp3) is 0.143. The first-order valence-corrected chi connectivity index (χ1v) is 10.5. The fourth-order valence-electron chi connectivity index (χ4n) is 2.76. The minimum atomic E-state index is 0.302. The van der Waals surface area contributed by atoms with Crippen molar-refractivity contribution in [1.29, 1.82) is 0 Å². The number of H-pyrrole nitrogens is 1. The first-order chi connectivity index (χ1) is 14.5. The molecule has 0 bridgehead atoms. The number of anilines is 3. The van der Waals surface area contributed by atoms with E-state index < -0.39 is 0 Å². The number of aromatic nitrogens is 5. The van der Waals surface area contributed by atoms with Gasteiger partial charge < -0.3 is 20.8 Å². The van der Waals surface area contributed by atoms with E-state index in [9.17, 15) is 0 Å². The summed E-state index contributed by atoms with van der Waals surface area (Å²) in [4.78, 5) is 11.5. The molecule has 0 spiro atoms. The van der Waals surface area contributed by atoms with Crippen molar-refractivity contribution in [2.24, 2.45) is 0 Å². The number of hydrogen-bond acceptors (Lipinski definition) is 8. The summed E-state index contributed by atoms with van der Waals surface area (Å²) >= 11 is 1.42. The van der Waals surface area contributed by atoms with E-state index in [1.54, 1.807) is 6.20 Å². The van der Waals surface area contributed by atoms with Gasteiger partial charge in [0.2, 0.25) is 5.95 Å². The zero-order valence-electron chi connectivity index (χ0n) is 16.8. The minimum absolute atomic E-state index is 0.302. The summed E-state index contributed by atoms with van der Waals surface area (Å²) in [6, 6.07) is 13.6. The highest BCUT2D eigenvalue weighted by atomic mass is 32.2. The second kappa shape index (κ2) is 8.42. The number of nitrogen functional groups attached to an aromatic ring is 1. The largest absolute Gasteiger partial charge is 0.452 e. The van der Waals surface area contributed by atoms with Gasteiger partial charge in [-0.1, -0.05) is 17.8 Å². The van der Waals surface area contributed by atoms with Crippen molar-refractivity contribution in [3.05, 3.63) is 59.8 Å². The molecule has 0 atom stereocenters. The molecule has 8 nitrogen and oxygen atoms in total. The number of nitrogens with one attached hydrogen (secondary N) is 2. The first kappa shape index (κ1) is 19.7. The van der Waals surface area contributed by atoms with Crippen molar-refractivity contribution in [3.8, 4) is 22.9 Å². The lowest BCUT2D eigenvalue weighted by Gasteiger charge is -2.08. The predicted molar refractivity (Wildman–Crippen MR) is 119 cm³/mol. The molecule has 2 heterocycles. The number of hydrogen-bond donors (Lipinski definition) is 3. The second-order valence-electron chi connectivity index (χ2n) is 6.68. The summed E-state index contributed by atoms with van der Waals surface area (Å²) in [6.07, 6.45) is 3.46. The van der Waals surface area contributed by atoms with Gasteiger partial charge in [-0.05, 0) is 67.6 Å². The molecule has 4 rings (SSSR count). The highest BCUT2D eigenvalue weighted by Crippen LogP contribution is 2.28. The van der Waals surface area contributed by atoms with Gasteiger partial charge in [0.05, 0.1) is 6.20 Å². The molecule has 0 aliphatic carbocycles. The van der Waals surface area contributed by atoms with Crippen molar-refractivity contribution in [1.82, 2.24) is 25.1 Å². The molecule has 2 aromatic carbocycles. The van der Waals surface area contributed by atoms with Crippen LogP contribution in [-0.2, 0) is 0 Å². The lowest BCUT2D eigenvalue weighted by Crippen LogP contribution is -1.98. The topological polar surface area (TPSA) is 115 Å². The lowest BCUT2D eigenvalue weighted by atomic mass is 10.1. The van der Waals surface area contributed by atoms with Crippen molar-refractivity contribution >= 4 is 29.2 Å². The number of ether oxygens (including phenoxy) is 1. The van der Waals surface area contributed by atoms with E-state index in [0.29, 0.717) is 34.2 Å². The standard InChI is InChI=1S/C21H21N7OS/c1-12-4-7-15(10-13(12)2)24-20-26-19(27-28-20)14-5-8-16(9-6-14)29-17-11-23-21(30-3)25-18(17)22/h4-11H,1-3H3,(H2,22,23,25)(H2,24,26,27,28). The number of benzene rings is 2. The Morgan fingerprint density at radius 1 is 1.03 bits per heavy atom. The summed E-state index contributed by atoms with van der Waals surface area (Å²) in [6.45, 7) is 4.16. The number of rotatable bonds is 6. The van der Waals surface area contributed by atoms with Gasteiger partial charge in [-0.25, -0.2) is 9.97 Å².